The number of benzene rings is 2. The zero-order chi connectivity index (χ0) is 35.9. The maximum Gasteiger partial charge on any atom is 0.257 e. The number of aryl methyl sites for hydroxylation is 2. The molecule has 51 heavy (non-hydrogen) atoms. The van der Waals surface area contributed by atoms with Crippen molar-refractivity contribution < 1.29 is 33.8 Å². The van der Waals surface area contributed by atoms with Gasteiger partial charge in [0.1, 0.15) is 42.4 Å². The largest absolute Gasteiger partial charge is 0.492 e. The molecular weight excluding hydrogens is 656 g/mol. The predicted molar refractivity (Wildman–Crippen MR) is 184 cm³/mol. The van der Waals surface area contributed by atoms with Crippen molar-refractivity contribution in [1.29, 1.82) is 0 Å². The smallest absolute Gasteiger partial charge is 0.257 e. The third-order valence-electron chi connectivity index (χ3n) is 8.72. The summed E-state index contributed by atoms with van der Waals surface area (Å²) < 4.78 is 12.7. The van der Waals surface area contributed by atoms with Gasteiger partial charge in [0, 0.05) is 17.7 Å². The summed E-state index contributed by atoms with van der Waals surface area (Å²) in [6.07, 6.45) is 2.55. The van der Waals surface area contributed by atoms with Gasteiger partial charge in [0.25, 0.3) is 5.91 Å². The van der Waals surface area contributed by atoms with Gasteiger partial charge in [-0.3, -0.25) is 19.2 Å². The molecule has 3 aliphatic rings. The molecule has 2 bridgehead atoms. The summed E-state index contributed by atoms with van der Waals surface area (Å²) in [6.45, 7) is 1.15. The minimum Gasteiger partial charge on any atom is -0.492 e. The van der Waals surface area contributed by atoms with Crippen LogP contribution in [-0.4, -0.2) is 87.4 Å². The molecule has 2 aromatic carbocycles. The molecule has 0 saturated heterocycles. The quantitative estimate of drug-likeness (QED) is 0.201. The van der Waals surface area contributed by atoms with Gasteiger partial charge in [-0.1, -0.05) is 42.5 Å². The second-order valence-electron chi connectivity index (χ2n) is 12.4. The minimum absolute atomic E-state index is 0.0517. The normalized spacial score (nSPS) is 19.8. The number of ether oxygens (including phenoxy) is 2. The van der Waals surface area contributed by atoms with Crippen LogP contribution in [0.2, 0.25) is 0 Å². The second-order valence-corrected chi connectivity index (χ2v) is 12.4. The fourth-order valence-corrected chi connectivity index (χ4v) is 6.07. The van der Waals surface area contributed by atoms with Gasteiger partial charge in [0.2, 0.25) is 23.6 Å². The summed E-state index contributed by atoms with van der Waals surface area (Å²) in [5.41, 5.74) is 3.43. The van der Waals surface area contributed by atoms with E-state index in [9.17, 15) is 24.3 Å². The molecule has 15 heteroatoms. The van der Waals surface area contributed by atoms with Gasteiger partial charge in [0.15, 0.2) is 5.82 Å². The fraction of sp³-hybridized carbons (Fsp3) is 0.361. The zero-order valence-corrected chi connectivity index (χ0v) is 28.3. The Bertz CT molecular complexity index is 1900. The molecule has 4 aromatic rings. The number of pyridine rings is 1. The van der Waals surface area contributed by atoms with Gasteiger partial charge in [0.05, 0.1) is 26.3 Å². The number of nitrogens with zero attached hydrogens (tertiary/aromatic N) is 4. The van der Waals surface area contributed by atoms with Crippen LogP contribution in [0.15, 0.2) is 60.7 Å². The Morgan fingerprint density at radius 2 is 1.82 bits per heavy atom. The van der Waals surface area contributed by atoms with Crippen molar-refractivity contribution in [2.45, 2.75) is 57.3 Å². The van der Waals surface area contributed by atoms with Crippen LogP contribution in [0.4, 0.5) is 0 Å². The number of aliphatic hydroxyl groups excluding tert-OH is 1. The van der Waals surface area contributed by atoms with Crippen LogP contribution in [0.1, 0.15) is 52.4 Å². The lowest BCUT2D eigenvalue weighted by molar-refractivity contribution is -0.131. The lowest BCUT2D eigenvalue weighted by atomic mass is 10.0. The summed E-state index contributed by atoms with van der Waals surface area (Å²) >= 11 is 0. The number of nitrogens with one attached hydrogen (secondary N) is 4. The predicted octanol–water partition coefficient (Wildman–Crippen LogP) is 1.04. The molecule has 5 N–H and O–H groups in total. The summed E-state index contributed by atoms with van der Waals surface area (Å²) in [7, 11) is 1.43. The van der Waals surface area contributed by atoms with E-state index in [-0.39, 0.29) is 49.3 Å². The molecule has 4 heterocycles. The second kappa shape index (κ2) is 15.8. The van der Waals surface area contributed by atoms with E-state index in [0.29, 0.717) is 22.7 Å². The highest BCUT2D eigenvalue weighted by Gasteiger charge is 2.31. The topological polar surface area (TPSA) is 199 Å². The van der Waals surface area contributed by atoms with Gasteiger partial charge >= 0.3 is 0 Å². The van der Waals surface area contributed by atoms with Crippen LogP contribution < -0.4 is 30.7 Å². The summed E-state index contributed by atoms with van der Waals surface area (Å²) in [4.78, 5) is 63.1. The molecule has 266 valence electrons. The van der Waals surface area contributed by atoms with E-state index < -0.39 is 42.5 Å². The lowest BCUT2D eigenvalue weighted by Crippen LogP contribution is -2.56. The summed E-state index contributed by atoms with van der Waals surface area (Å²) in [6, 6.07) is 14.5. The van der Waals surface area contributed by atoms with E-state index in [0.717, 1.165) is 30.5 Å². The Morgan fingerprint density at radius 3 is 2.57 bits per heavy atom. The molecule has 4 amide bonds. The maximum atomic E-state index is 13.8. The van der Waals surface area contributed by atoms with Crippen molar-refractivity contribution in [3.8, 4) is 23.0 Å². The summed E-state index contributed by atoms with van der Waals surface area (Å²) in [5, 5.41) is 25.8. The van der Waals surface area contributed by atoms with Crippen molar-refractivity contribution in [1.82, 2.24) is 41.0 Å². The Hall–Kier alpha value is -5.83. The number of fused-ring (bicyclic) bond motifs is 15. The number of methoxy groups -OCH3 is 1. The van der Waals surface area contributed by atoms with Gasteiger partial charge in [-0.05, 0) is 55.5 Å². The van der Waals surface area contributed by atoms with Crippen LogP contribution in [0.25, 0.3) is 11.4 Å². The highest BCUT2D eigenvalue weighted by Crippen LogP contribution is 2.27. The van der Waals surface area contributed by atoms with Crippen molar-refractivity contribution in [3.63, 3.8) is 0 Å². The SMILES string of the molecule is COc1nc2c(cc1C(=O)N[C@H]1Cc3ccc(cc3)OCCNC(=O)Cn3nc(-c4ccccc4)nc3[C@H](C)NC(=O)[C@H](CO)NC1=O)CCC2. The first-order valence-electron chi connectivity index (χ1n) is 16.8. The van der Waals surface area contributed by atoms with Crippen molar-refractivity contribution in [2.24, 2.45) is 0 Å². The Kier molecular flexibility index (Phi) is 10.8. The standard InChI is InChI=1S/C36H40N8O7/c1-21-32-42-31(23-7-4-3-5-8-23)43-44(32)19-30(46)37-15-16-51-25-13-11-22(12-14-25)17-28(34(48)40-29(20-45)35(49)38-21)39-33(47)26-18-24-9-6-10-27(24)41-36(26)50-2/h3-5,7-8,11-14,18,21,28-29,45H,6,9-10,15-17,19-20H2,1-2H3,(H,37,46)(H,38,49)(H,39,47)(H,40,48)/t21-,28-,29-/m0/s1. The van der Waals surface area contributed by atoms with E-state index >= 15 is 0 Å². The van der Waals surface area contributed by atoms with Gasteiger partial charge in [-0.2, -0.15) is 5.10 Å². The van der Waals surface area contributed by atoms with Gasteiger partial charge in [-0.25, -0.2) is 14.6 Å². The first kappa shape index (κ1) is 35.0. The van der Waals surface area contributed by atoms with E-state index in [4.69, 9.17) is 9.47 Å². The lowest BCUT2D eigenvalue weighted by Gasteiger charge is -2.24. The number of rotatable bonds is 5. The Morgan fingerprint density at radius 1 is 1.04 bits per heavy atom. The molecule has 0 unspecified atom stereocenters. The molecule has 7 rings (SSSR count). The van der Waals surface area contributed by atoms with E-state index in [1.165, 1.54) is 11.8 Å². The Labute approximate surface area is 294 Å². The van der Waals surface area contributed by atoms with Gasteiger partial charge < -0.3 is 35.8 Å². The number of hydrogen-bond donors (Lipinski definition) is 5. The molecule has 0 saturated carbocycles. The molecule has 0 spiro atoms. The molecule has 0 radical (unpaired) electrons. The van der Waals surface area contributed by atoms with Crippen LogP contribution in [0.5, 0.6) is 11.6 Å². The first-order valence-corrected chi connectivity index (χ1v) is 16.8. The molecular formula is C36H40N8O7. The third kappa shape index (κ3) is 8.32. The first-order chi connectivity index (χ1) is 24.7. The van der Waals surface area contributed by atoms with Gasteiger partial charge in [-0.15, -0.1) is 0 Å². The van der Waals surface area contributed by atoms with E-state index in [2.05, 4.69) is 36.3 Å². The van der Waals surface area contributed by atoms with Crippen LogP contribution >= 0.6 is 0 Å². The van der Waals surface area contributed by atoms with Crippen LogP contribution in [0.3, 0.4) is 0 Å². The molecule has 2 aliphatic heterocycles. The monoisotopic (exact) mass is 696 g/mol. The third-order valence-corrected chi connectivity index (χ3v) is 8.72. The van der Waals surface area contributed by atoms with Crippen molar-refractivity contribution in [3.05, 3.63) is 88.9 Å². The molecule has 0 fully saturated rings. The molecule has 3 atom stereocenters. The Balaban J connectivity index is 1.28. The number of aliphatic hydroxyl groups is 1. The average molecular weight is 697 g/mol. The van der Waals surface area contributed by atoms with Crippen LogP contribution in [0, 0.1) is 0 Å². The van der Waals surface area contributed by atoms with E-state index in [1.807, 2.05) is 30.3 Å². The number of carbonyl (C=O) groups is 4. The van der Waals surface area contributed by atoms with E-state index in [1.54, 1.807) is 37.3 Å². The molecule has 15 nitrogen and oxygen atoms in total. The summed E-state index contributed by atoms with van der Waals surface area (Å²) in [5.74, 6) is -0.977. The highest BCUT2D eigenvalue weighted by atomic mass is 16.5. The number of hydrogen-bond acceptors (Lipinski definition) is 10. The number of carbonyl (C=O) groups excluding carboxylic acids is 4. The highest BCUT2D eigenvalue weighted by molar-refractivity contribution is 6.00. The van der Waals surface area contributed by atoms with Crippen molar-refractivity contribution in [2.75, 3.05) is 26.9 Å². The molecule has 2 aromatic heterocycles. The fourth-order valence-electron chi connectivity index (χ4n) is 6.07. The minimum atomic E-state index is -1.38. The number of aromatic nitrogens is 4. The van der Waals surface area contributed by atoms with Crippen molar-refractivity contribution >= 4 is 23.6 Å². The van der Waals surface area contributed by atoms with Crippen LogP contribution in [-0.2, 0) is 40.2 Å². The number of amides is 4. The molecule has 1 aliphatic carbocycles. The average Bonchev–Trinajstić information content (AvgIpc) is 3.79. The zero-order valence-electron chi connectivity index (χ0n) is 28.3. The maximum absolute atomic E-state index is 13.8.